The Balaban J connectivity index is 1.94. The van der Waals surface area contributed by atoms with Gasteiger partial charge in [-0.05, 0) is 18.2 Å². The molecule has 2 amide bonds. The minimum Gasteiger partial charge on any atom is -0.481 e. The largest absolute Gasteiger partial charge is 0.481 e. The summed E-state index contributed by atoms with van der Waals surface area (Å²) in [5.74, 6) is -0.536. The number of thioether (sulfide) groups is 1. The van der Waals surface area contributed by atoms with E-state index in [0.717, 1.165) is 0 Å². The van der Waals surface area contributed by atoms with Gasteiger partial charge in [-0.2, -0.15) is 5.01 Å². The van der Waals surface area contributed by atoms with E-state index in [1.54, 1.807) is 17.3 Å². The monoisotopic (exact) mass is 296 g/mol. The van der Waals surface area contributed by atoms with Gasteiger partial charge in [0.1, 0.15) is 5.37 Å². The third-order valence-corrected chi connectivity index (χ3v) is 4.21. The highest BCUT2D eigenvalue weighted by Gasteiger charge is 2.35. The fraction of sp³-hybridized carbons (Fsp3) is 0.462. The molecule has 2 heterocycles. The Morgan fingerprint density at radius 2 is 2.00 bits per heavy atom. The minimum absolute atomic E-state index is 0.126. The molecule has 1 N–H and O–H groups in total. The summed E-state index contributed by atoms with van der Waals surface area (Å²) in [5.41, 5.74) is 0. The Morgan fingerprint density at radius 3 is 2.65 bits per heavy atom. The number of hydrazine groups is 1. The second kappa shape index (κ2) is 6.60. The van der Waals surface area contributed by atoms with Crippen LogP contribution in [0.4, 0.5) is 0 Å². The second-order valence-electron chi connectivity index (χ2n) is 4.46. The van der Waals surface area contributed by atoms with E-state index in [1.165, 1.54) is 16.8 Å². The van der Waals surface area contributed by atoms with E-state index in [-0.39, 0.29) is 36.5 Å². The quantitative estimate of drug-likeness (QED) is 0.589. The van der Waals surface area contributed by atoms with Gasteiger partial charge in [0.15, 0.2) is 0 Å². The van der Waals surface area contributed by atoms with Gasteiger partial charge in [-0.3, -0.25) is 19.4 Å². The van der Waals surface area contributed by atoms with Crippen molar-refractivity contribution in [2.45, 2.75) is 31.1 Å². The Bertz CT molecular complexity index is 459. The van der Waals surface area contributed by atoms with Crippen LogP contribution in [0.25, 0.3) is 0 Å². The molecule has 108 valence electrons. The first kappa shape index (κ1) is 14.6. The van der Waals surface area contributed by atoms with Crippen molar-refractivity contribution in [3.8, 4) is 0 Å². The van der Waals surface area contributed by atoms with Crippen LogP contribution >= 0.6 is 11.8 Å². The summed E-state index contributed by atoms with van der Waals surface area (Å²) in [4.78, 5) is 34.0. The first-order valence-electron chi connectivity index (χ1n) is 6.42. The van der Waals surface area contributed by atoms with Crippen LogP contribution in [0.2, 0.25) is 0 Å². The fourth-order valence-electron chi connectivity index (χ4n) is 2.03. The lowest BCUT2D eigenvalue weighted by Crippen LogP contribution is -2.47. The number of carbonyl (C=O) groups is 3. The standard InChI is InChI=1S/C13H16N2O4S/c16-10-6-7-11(17)15(10)14-8-2-1-4-12(14)20-9-3-5-13(18)19/h1-2,4,8,12H,3,5-7,9H2,(H,18,19). The lowest BCUT2D eigenvalue weighted by molar-refractivity contribution is -0.153. The van der Waals surface area contributed by atoms with Crippen molar-refractivity contribution in [3.05, 3.63) is 24.4 Å². The lowest BCUT2D eigenvalue weighted by Gasteiger charge is -2.35. The molecule has 7 heteroatoms. The van der Waals surface area contributed by atoms with Crippen molar-refractivity contribution in [2.24, 2.45) is 0 Å². The molecule has 6 nitrogen and oxygen atoms in total. The molecule has 0 aromatic rings. The molecule has 0 aromatic carbocycles. The summed E-state index contributed by atoms with van der Waals surface area (Å²) in [5, 5.41) is 11.3. The number of carbonyl (C=O) groups excluding carboxylic acids is 2. The number of imide groups is 1. The third kappa shape index (κ3) is 3.41. The summed E-state index contributed by atoms with van der Waals surface area (Å²) in [7, 11) is 0. The van der Waals surface area contributed by atoms with Crippen molar-refractivity contribution < 1.29 is 19.5 Å². The van der Waals surface area contributed by atoms with Crippen LogP contribution in [0.5, 0.6) is 0 Å². The summed E-state index contributed by atoms with van der Waals surface area (Å²) in [6.45, 7) is 0. The number of aliphatic carboxylic acids is 1. The lowest BCUT2D eigenvalue weighted by atomic mass is 10.3. The van der Waals surface area contributed by atoms with Gasteiger partial charge in [0.25, 0.3) is 0 Å². The first-order valence-corrected chi connectivity index (χ1v) is 7.47. The number of amides is 2. The first-order chi connectivity index (χ1) is 9.59. The van der Waals surface area contributed by atoms with Crippen LogP contribution in [0.1, 0.15) is 25.7 Å². The van der Waals surface area contributed by atoms with Gasteiger partial charge in [0.2, 0.25) is 11.8 Å². The number of rotatable bonds is 6. The van der Waals surface area contributed by atoms with Crippen LogP contribution in [-0.2, 0) is 14.4 Å². The molecule has 0 aromatic heterocycles. The van der Waals surface area contributed by atoms with E-state index in [4.69, 9.17) is 5.11 Å². The molecule has 1 saturated heterocycles. The van der Waals surface area contributed by atoms with Crippen molar-refractivity contribution in [2.75, 3.05) is 5.75 Å². The molecule has 1 atom stereocenters. The molecule has 1 unspecified atom stereocenters. The fourth-order valence-corrected chi connectivity index (χ4v) is 3.10. The minimum atomic E-state index is -0.813. The average molecular weight is 296 g/mol. The molecule has 0 spiro atoms. The zero-order valence-corrected chi connectivity index (χ0v) is 11.7. The van der Waals surface area contributed by atoms with E-state index < -0.39 is 5.97 Å². The molecule has 0 radical (unpaired) electrons. The van der Waals surface area contributed by atoms with E-state index in [1.807, 2.05) is 12.2 Å². The Morgan fingerprint density at radius 1 is 1.30 bits per heavy atom. The maximum atomic E-state index is 11.8. The maximum absolute atomic E-state index is 11.8. The van der Waals surface area contributed by atoms with Crippen molar-refractivity contribution in [3.63, 3.8) is 0 Å². The Hall–Kier alpha value is -1.76. The molecule has 0 aliphatic carbocycles. The van der Waals surface area contributed by atoms with Crippen LogP contribution in [0.3, 0.4) is 0 Å². The van der Waals surface area contributed by atoms with E-state index in [0.29, 0.717) is 12.2 Å². The van der Waals surface area contributed by atoms with Crippen LogP contribution in [0.15, 0.2) is 24.4 Å². The molecule has 0 bridgehead atoms. The van der Waals surface area contributed by atoms with E-state index in [2.05, 4.69) is 0 Å². The molecule has 20 heavy (non-hydrogen) atoms. The maximum Gasteiger partial charge on any atom is 0.303 e. The summed E-state index contributed by atoms with van der Waals surface area (Å²) in [6.07, 6.45) is 8.42. The van der Waals surface area contributed by atoms with Crippen LogP contribution in [0, 0.1) is 0 Å². The highest BCUT2D eigenvalue weighted by atomic mass is 32.2. The summed E-state index contributed by atoms with van der Waals surface area (Å²) >= 11 is 1.52. The zero-order valence-electron chi connectivity index (χ0n) is 10.9. The number of hydrogen-bond donors (Lipinski definition) is 1. The molecular weight excluding hydrogens is 280 g/mol. The van der Waals surface area contributed by atoms with Gasteiger partial charge in [0.05, 0.1) is 0 Å². The van der Waals surface area contributed by atoms with E-state index >= 15 is 0 Å². The number of allylic oxidation sites excluding steroid dienone is 2. The predicted octanol–water partition coefficient (Wildman–Crippen LogP) is 1.36. The molecule has 2 rings (SSSR count). The van der Waals surface area contributed by atoms with Crippen molar-refractivity contribution in [1.29, 1.82) is 0 Å². The third-order valence-electron chi connectivity index (χ3n) is 2.97. The number of carboxylic acids is 1. The van der Waals surface area contributed by atoms with E-state index in [9.17, 15) is 14.4 Å². The highest BCUT2D eigenvalue weighted by Crippen LogP contribution is 2.27. The van der Waals surface area contributed by atoms with Gasteiger partial charge in [-0.25, -0.2) is 0 Å². The van der Waals surface area contributed by atoms with Gasteiger partial charge in [-0.15, -0.1) is 11.8 Å². The van der Waals surface area contributed by atoms with Gasteiger partial charge < -0.3 is 5.11 Å². The zero-order chi connectivity index (χ0) is 14.5. The smallest absolute Gasteiger partial charge is 0.303 e. The molecule has 0 saturated carbocycles. The summed E-state index contributed by atoms with van der Waals surface area (Å²) in [6, 6.07) is 0. The molecule has 2 aliphatic heterocycles. The molecular formula is C13H16N2O4S. The Kier molecular flexibility index (Phi) is 4.84. The summed E-state index contributed by atoms with van der Waals surface area (Å²) < 4.78 is 0. The van der Waals surface area contributed by atoms with Gasteiger partial charge in [-0.1, -0.05) is 12.2 Å². The number of nitrogens with zero attached hydrogens (tertiary/aromatic N) is 2. The van der Waals surface area contributed by atoms with Crippen LogP contribution < -0.4 is 0 Å². The topological polar surface area (TPSA) is 77.9 Å². The van der Waals surface area contributed by atoms with Crippen molar-refractivity contribution in [1.82, 2.24) is 10.0 Å². The molecule has 2 aliphatic rings. The normalized spacial score (nSPS) is 21.9. The predicted molar refractivity (Wildman–Crippen MR) is 74.3 cm³/mol. The van der Waals surface area contributed by atoms with Gasteiger partial charge in [0, 0.05) is 25.5 Å². The van der Waals surface area contributed by atoms with Gasteiger partial charge >= 0.3 is 5.97 Å². The molecule has 1 fully saturated rings. The average Bonchev–Trinajstić information content (AvgIpc) is 2.75. The van der Waals surface area contributed by atoms with Crippen LogP contribution in [-0.4, -0.2) is 44.0 Å². The number of carboxylic acid groups (broad SMARTS) is 1. The number of hydrogen-bond acceptors (Lipinski definition) is 5. The van der Waals surface area contributed by atoms with Crippen molar-refractivity contribution >= 4 is 29.5 Å². The second-order valence-corrected chi connectivity index (χ2v) is 5.69. The SMILES string of the molecule is O=C(O)CCCSC1C=CC=CN1N1C(=O)CCC1=O. The Labute approximate surface area is 121 Å². The highest BCUT2D eigenvalue weighted by molar-refractivity contribution is 8.00.